The number of aliphatic hydroxyl groups excluding tert-OH is 1. The zero-order chi connectivity index (χ0) is 27.9. The van der Waals surface area contributed by atoms with Crippen LogP contribution in [0.25, 0.3) is 0 Å². The summed E-state index contributed by atoms with van der Waals surface area (Å²) in [5.41, 5.74) is -0.881. The lowest BCUT2D eigenvalue weighted by Crippen LogP contribution is -2.56. The van der Waals surface area contributed by atoms with Crippen LogP contribution in [-0.4, -0.2) is 84.5 Å². The Balaban J connectivity index is 1.53. The Hall–Kier alpha value is -2.82. The molecule has 0 radical (unpaired) electrons. The first-order valence-electron chi connectivity index (χ1n) is 13.8. The van der Waals surface area contributed by atoms with Crippen molar-refractivity contribution in [1.82, 2.24) is 4.90 Å². The smallest absolute Gasteiger partial charge is 0.342 e. The maximum atomic E-state index is 13.8. The van der Waals surface area contributed by atoms with Crippen molar-refractivity contribution in [2.45, 2.75) is 81.6 Å². The highest BCUT2D eigenvalue weighted by atomic mass is 16.7. The summed E-state index contributed by atoms with van der Waals surface area (Å²) in [7, 11) is 2.63. The molecule has 1 aromatic rings. The summed E-state index contributed by atoms with van der Waals surface area (Å²) in [6, 6.07) is 3.97. The molecule has 10 nitrogen and oxygen atoms in total. The molecule has 5 rings (SSSR count). The van der Waals surface area contributed by atoms with Crippen molar-refractivity contribution in [3.05, 3.63) is 35.1 Å². The first-order chi connectivity index (χ1) is 18.6. The van der Waals surface area contributed by atoms with Gasteiger partial charge < -0.3 is 33.9 Å². The van der Waals surface area contributed by atoms with Crippen molar-refractivity contribution in [1.29, 1.82) is 0 Å². The van der Waals surface area contributed by atoms with Gasteiger partial charge in [-0.1, -0.05) is 20.3 Å². The lowest BCUT2D eigenvalue weighted by atomic mass is 9.77. The maximum absolute atomic E-state index is 13.8. The Morgan fingerprint density at radius 3 is 2.64 bits per heavy atom. The molecule has 1 fully saturated rings. The van der Waals surface area contributed by atoms with Gasteiger partial charge in [-0.25, -0.2) is 9.59 Å². The molecule has 0 bridgehead atoms. The number of ether oxygens (including phenoxy) is 5. The molecular weight excluding hydrogens is 506 g/mol. The molecule has 214 valence electrons. The summed E-state index contributed by atoms with van der Waals surface area (Å²) in [5, 5.41) is 22.3. The molecule has 3 heterocycles. The number of fused-ring (bicyclic) bond motifs is 3. The van der Waals surface area contributed by atoms with Crippen LogP contribution >= 0.6 is 0 Å². The van der Waals surface area contributed by atoms with E-state index in [0.29, 0.717) is 36.0 Å². The van der Waals surface area contributed by atoms with Gasteiger partial charge in [0.1, 0.15) is 5.76 Å². The predicted molar refractivity (Wildman–Crippen MR) is 139 cm³/mol. The Bertz CT molecular complexity index is 1150. The number of nitrogens with zero attached hydrogens (tertiary/aromatic N) is 1. The molecule has 0 unspecified atom stereocenters. The molecule has 0 amide bonds. The van der Waals surface area contributed by atoms with Gasteiger partial charge in [-0.3, -0.25) is 4.90 Å². The van der Waals surface area contributed by atoms with Crippen LogP contribution in [0.4, 0.5) is 0 Å². The fraction of sp³-hybridized carbons (Fsp3) is 0.655. The highest BCUT2D eigenvalue weighted by Crippen LogP contribution is 2.55. The highest BCUT2D eigenvalue weighted by molar-refractivity contribution is 5.89. The molecule has 4 aliphatic rings. The van der Waals surface area contributed by atoms with E-state index in [2.05, 4.69) is 15.7 Å². The van der Waals surface area contributed by atoms with Crippen molar-refractivity contribution < 1.29 is 43.5 Å². The van der Waals surface area contributed by atoms with Gasteiger partial charge in [0.2, 0.25) is 6.79 Å². The SMILES string of the molecule is COC(=O)[C@@H](O)[C@](O)(CCCC(C)C)C(=O)O[C@@H]1C(OC)=C[C@]23CCCN2CCc2cc4c(cc2[C@H]13)OCO4. The van der Waals surface area contributed by atoms with Crippen molar-refractivity contribution in [3.8, 4) is 11.5 Å². The van der Waals surface area contributed by atoms with Crippen molar-refractivity contribution in [3.63, 3.8) is 0 Å². The molecule has 0 aromatic heterocycles. The Kier molecular flexibility index (Phi) is 7.56. The fourth-order valence-electron chi connectivity index (χ4n) is 6.75. The number of esters is 2. The zero-order valence-corrected chi connectivity index (χ0v) is 23.1. The van der Waals surface area contributed by atoms with Crippen LogP contribution in [0.5, 0.6) is 11.5 Å². The topological polar surface area (TPSA) is 124 Å². The maximum Gasteiger partial charge on any atom is 0.342 e. The van der Waals surface area contributed by atoms with E-state index in [-0.39, 0.29) is 19.1 Å². The molecule has 1 saturated heterocycles. The van der Waals surface area contributed by atoms with E-state index < -0.39 is 35.3 Å². The summed E-state index contributed by atoms with van der Waals surface area (Å²) in [4.78, 5) is 28.5. The van der Waals surface area contributed by atoms with Gasteiger partial charge in [-0.2, -0.15) is 0 Å². The third-order valence-electron chi connectivity index (χ3n) is 8.77. The van der Waals surface area contributed by atoms with E-state index in [1.165, 1.54) is 7.11 Å². The standard InChI is InChI=1S/C29H39NO9/c1-17(2)7-5-10-29(34,25(31)26(32)36-4)27(33)39-24-22(35-3)15-28-9-6-11-30(28)12-8-18-13-20-21(38-16-37-20)14-19(18)23(24)28/h13-15,17,23-25,31,34H,5-12,16H2,1-4H3/t23-,24-,25-,28+,29-/m1/s1. The van der Waals surface area contributed by atoms with Crippen LogP contribution < -0.4 is 9.47 Å². The number of methoxy groups -OCH3 is 2. The number of benzene rings is 1. The van der Waals surface area contributed by atoms with Crippen LogP contribution in [0, 0.1) is 5.92 Å². The Labute approximate surface area is 228 Å². The van der Waals surface area contributed by atoms with Gasteiger partial charge in [0.05, 0.1) is 25.7 Å². The van der Waals surface area contributed by atoms with E-state index in [1.807, 2.05) is 26.0 Å². The van der Waals surface area contributed by atoms with Gasteiger partial charge in [0.15, 0.2) is 29.3 Å². The number of rotatable bonds is 9. The first kappa shape index (κ1) is 27.7. The average Bonchev–Trinajstić information content (AvgIpc) is 3.60. The van der Waals surface area contributed by atoms with Gasteiger partial charge in [0.25, 0.3) is 0 Å². The van der Waals surface area contributed by atoms with Gasteiger partial charge >= 0.3 is 11.9 Å². The molecule has 10 heteroatoms. The van der Waals surface area contributed by atoms with E-state index in [0.717, 1.165) is 50.6 Å². The van der Waals surface area contributed by atoms with Crippen LogP contribution in [0.1, 0.15) is 63.0 Å². The van der Waals surface area contributed by atoms with E-state index >= 15 is 0 Å². The summed E-state index contributed by atoms with van der Waals surface area (Å²) in [6.45, 7) is 5.90. The minimum absolute atomic E-state index is 0.148. The van der Waals surface area contributed by atoms with E-state index in [1.54, 1.807) is 0 Å². The molecule has 2 N–H and O–H groups in total. The second-order valence-electron chi connectivity index (χ2n) is 11.4. The minimum Gasteiger partial charge on any atom is -0.497 e. The Morgan fingerprint density at radius 2 is 1.95 bits per heavy atom. The second-order valence-corrected chi connectivity index (χ2v) is 11.4. The first-order valence-corrected chi connectivity index (χ1v) is 13.8. The molecule has 5 atom stereocenters. The number of hydrogen-bond donors (Lipinski definition) is 2. The fourth-order valence-corrected chi connectivity index (χ4v) is 6.75. The summed E-state index contributed by atoms with van der Waals surface area (Å²) < 4.78 is 27.9. The number of aliphatic hydroxyl groups is 2. The number of hydrogen-bond acceptors (Lipinski definition) is 10. The van der Waals surface area contributed by atoms with Crippen LogP contribution in [0.15, 0.2) is 24.0 Å². The molecule has 3 aliphatic heterocycles. The van der Waals surface area contributed by atoms with Crippen LogP contribution in [-0.2, 0) is 30.2 Å². The number of carbonyl (C=O) groups excluding carboxylic acids is 2. The summed E-state index contributed by atoms with van der Waals surface area (Å²) in [6.07, 6.45) is 2.63. The van der Waals surface area contributed by atoms with E-state index in [9.17, 15) is 19.8 Å². The predicted octanol–water partition coefficient (Wildman–Crippen LogP) is 2.44. The minimum atomic E-state index is -2.48. The lowest BCUT2D eigenvalue weighted by molar-refractivity contribution is -0.195. The normalized spacial score (nSPS) is 27.5. The summed E-state index contributed by atoms with van der Waals surface area (Å²) in [5.74, 6) is -0.412. The molecule has 1 spiro atoms. The third kappa shape index (κ3) is 4.66. The van der Waals surface area contributed by atoms with Crippen molar-refractivity contribution in [2.75, 3.05) is 34.1 Å². The average molecular weight is 546 g/mol. The lowest BCUT2D eigenvalue weighted by Gasteiger charge is -2.40. The third-order valence-corrected chi connectivity index (χ3v) is 8.77. The van der Waals surface area contributed by atoms with Crippen LogP contribution in [0.3, 0.4) is 0 Å². The molecule has 1 aliphatic carbocycles. The van der Waals surface area contributed by atoms with E-state index in [4.69, 9.17) is 18.9 Å². The van der Waals surface area contributed by atoms with Crippen molar-refractivity contribution in [2.24, 2.45) is 5.92 Å². The summed E-state index contributed by atoms with van der Waals surface area (Å²) >= 11 is 0. The largest absolute Gasteiger partial charge is 0.497 e. The molecular formula is C29H39NO9. The Morgan fingerprint density at radius 1 is 1.21 bits per heavy atom. The second kappa shape index (κ2) is 10.6. The molecule has 0 saturated carbocycles. The number of carbonyl (C=O) groups is 2. The van der Waals surface area contributed by atoms with Crippen molar-refractivity contribution >= 4 is 11.9 Å². The van der Waals surface area contributed by atoms with Gasteiger partial charge in [-0.15, -0.1) is 0 Å². The molecule has 39 heavy (non-hydrogen) atoms. The monoisotopic (exact) mass is 545 g/mol. The van der Waals surface area contributed by atoms with Gasteiger partial charge in [-0.05, 0) is 73.9 Å². The van der Waals surface area contributed by atoms with Crippen LogP contribution in [0.2, 0.25) is 0 Å². The highest BCUT2D eigenvalue weighted by Gasteiger charge is 2.59. The van der Waals surface area contributed by atoms with Gasteiger partial charge in [0, 0.05) is 6.54 Å². The molecule has 1 aromatic carbocycles. The quantitative estimate of drug-likeness (QED) is 0.447. The zero-order valence-electron chi connectivity index (χ0n) is 23.1.